The maximum Gasteiger partial charge on any atom is 0.411 e. The Morgan fingerprint density at radius 2 is 1.34 bits per heavy atom. The van der Waals surface area contributed by atoms with E-state index in [1.165, 1.54) is 55.4 Å². The number of hydrogen-bond acceptors (Lipinski definition) is 34. The summed E-state index contributed by atoms with van der Waals surface area (Å²) in [6.45, 7) is 21.4. The molecule has 0 aromatic heterocycles. The molecule has 2 bridgehead atoms. The summed E-state index contributed by atoms with van der Waals surface area (Å²) >= 11 is 2.82. The number of aliphatic hydroxyl groups is 5. The first-order valence-electron chi connectivity index (χ1n) is 41.9. The van der Waals surface area contributed by atoms with Gasteiger partial charge < -0.3 is 121 Å². The summed E-state index contributed by atoms with van der Waals surface area (Å²) in [5, 5.41) is 63.2. The van der Waals surface area contributed by atoms with E-state index in [9.17, 15) is 44.7 Å². The number of rotatable bonds is 45. The smallest absolute Gasteiger partial charge is 0.411 e. The molecule has 33 nitrogen and oxygen atoms in total. The van der Waals surface area contributed by atoms with Crippen LogP contribution in [0.4, 0.5) is 9.59 Å². The SMILES string of the molecule is CCN(CCCOCCOCCOCCOCCOCCOCCNC(=O)OCC1c2ccccc2-c2ccccc21)[C@H]1CO[C@@H](O[C@H]2[C@H](O[C@H]3C#C/C=C\C#C[C@]4(O)CC(=O)C(NC(=O)OC)=C3/C4=C\CSSC(C)(C)C)O[C@H](C)[C@@H](NO[C@H]3C[C@H](O)[C@H](SC(=O)c4c(C)c(I)c(O[C@@H]5O[C@@H](C)[C@H](O)[C@@H](OC)[C@H]5O)c(OC)c4OC)[C@@H](C)O3)[C@@H]2O)C[C@@H]1OC. The molecule has 0 spiro atoms. The second-order valence-electron chi connectivity index (χ2n) is 31.3. The number of halogens is 1. The number of Topliss-reactive ketones (excluding diaryl/α,β-unsaturated/α-hetero) is 1. The van der Waals surface area contributed by atoms with Gasteiger partial charge in [-0.25, -0.2) is 9.59 Å². The second-order valence-corrected chi connectivity index (χ2v) is 36.7. The van der Waals surface area contributed by atoms with E-state index in [4.69, 9.17) is 94.8 Å². The molecule has 125 heavy (non-hydrogen) atoms. The molecule has 8 N–H and O–H groups in total. The van der Waals surface area contributed by atoms with E-state index in [1.54, 1.807) is 51.7 Å². The Labute approximate surface area is 756 Å². The molecule has 4 fully saturated rings. The van der Waals surface area contributed by atoms with Gasteiger partial charge in [0, 0.05) is 74.3 Å². The normalized spacial score (nSPS) is 28.5. The van der Waals surface area contributed by atoms with Crippen LogP contribution in [-0.4, -0.2) is 327 Å². The van der Waals surface area contributed by atoms with Gasteiger partial charge in [0.15, 0.2) is 41.8 Å². The monoisotopic (exact) mass is 1920 g/mol. The Balaban J connectivity index is 0.703. The Morgan fingerprint density at radius 3 is 1.94 bits per heavy atom. The number of ether oxygens (including phenoxy) is 19. The van der Waals surface area contributed by atoms with Crippen LogP contribution in [0.15, 0.2) is 83.6 Å². The van der Waals surface area contributed by atoms with Gasteiger partial charge in [-0.3, -0.25) is 24.6 Å². The number of hydrogen-bond donors (Lipinski definition) is 8. The molecule has 4 aliphatic heterocycles. The second kappa shape index (κ2) is 50.0. The van der Waals surface area contributed by atoms with Gasteiger partial charge in [0.1, 0.15) is 43.2 Å². The molecule has 19 atom stereocenters. The molecule has 7 aliphatic rings. The number of likely N-dealkylation sites (N-methyl/N-ethyl adjacent to an activating group) is 1. The quantitative estimate of drug-likeness (QED) is 0.00894. The molecule has 4 heterocycles. The van der Waals surface area contributed by atoms with Crippen molar-refractivity contribution >= 4 is 79.0 Å². The van der Waals surface area contributed by atoms with Crippen LogP contribution >= 0.6 is 55.9 Å². The zero-order valence-electron chi connectivity index (χ0n) is 73.0. The zero-order chi connectivity index (χ0) is 89.9. The summed E-state index contributed by atoms with van der Waals surface area (Å²) in [5.74, 6) is 11.4. The molecule has 692 valence electrons. The minimum atomic E-state index is -2.11. The van der Waals surface area contributed by atoms with Crippen LogP contribution in [0.3, 0.4) is 0 Å². The summed E-state index contributed by atoms with van der Waals surface area (Å²) < 4.78 is 114. The van der Waals surface area contributed by atoms with E-state index in [0.29, 0.717) is 120 Å². The summed E-state index contributed by atoms with van der Waals surface area (Å²) in [6, 6.07) is 15.0. The number of carbonyl (C=O) groups excluding carboxylic acids is 4. The Bertz CT molecular complexity index is 4200. The predicted molar refractivity (Wildman–Crippen MR) is 472 cm³/mol. The van der Waals surface area contributed by atoms with E-state index < -0.39 is 139 Å². The van der Waals surface area contributed by atoms with E-state index in [-0.39, 0.29) is 82.4 Å². The number of amides is 2. The minimum absolute atomic E-state index is 0.00836. The van der Waals surface area contributed by atoms with Crippen molar-refractivity contribution in [3.05, 3.63) is 109 Å². The lowest BCUT2D eigenvalue weighted by Crippen LogP contribution is -2.65. The summed E-state index contributed by atoms with van der Waals surface area (Å²) in [4.78, 5) is 63.2. The molecular weight excluding hydrogens is 1800 g/mol. The van der Waals surface area contributed by atoms with Crippen LogP contribution in [0, 0.1) is 34.2 Å². The van der Waals surface area contributed by atoms with Gasteiger partial charge in [-0.05, 0) is 103 Å². The van der Waals surface area contributed by atoms with Crippen LogP contribution in [-0.2, 0) is 85.4 Å². The van der Waals surface area contributed by atoms with E-state index in [2.05, 4.69) is 89.7 Å². The fraction of sp³-hybridized carbons (Fsp3) is 0.636. The molecule has 37 heteroatoms. The van der Waals surface area contributed by atoms with E-state index in [0.717, 1.165) is 30.0 Å². The first kappa shape index (κ1) is 101. The highest BCUT2D eigenvalue weighted by Gasteiger charge is 2.53. The van der Waals surface area contributed by atoms with Gasteiger partial charge in [0.05, 0.1) is 170 Å². The molecule has 3 aliphatic carbocycles. The number of carbonyl (C=O) groups is 4. The van der Waals surface area contributed by atoms with Crippen molar-refractivity contribution in [2.75, 3.05) is 153 Å². The van der Waals surface area contributed by atoms with Crippen molar-refractivity contribution in [2.24, 2.45) is 0 Å². The molecule has 0 radical (unpaired) electrons. The number of nitrogens with zero attached hydrogens (tertiary/aromatic N) is 1. The van der Waals surface area contributed by atoms with Crippen LogP contribution < -0.4 is 30.3 Å². The van der Waals surface area contributed by atoms with Gasteiger partial charge in [0.25, 0.3) is 0 Å². The fourth-order valence-corrected chi connectivity index (χ4v) is 19.4. The van der Waals surface area contributed by atoms with Crippen molar-refractivity contribution < 1.29 is 140 Å². The molecular formula is C88H121IN4O29S3. The highest BCUT2D eigenvalue weighted by atomic mass is 127. The summed E-state index contributed by atoms with van der Waals surface area (Å²) in [7, 11) is 9.90. The fourth-order valence-electron chi connectivity index (χ4n) is 15.5. The zero-order valence-corrected chi connectivity index (χ0v) is 77.6. The Morgan fingerprint density at radius 1 is 0.712 bits per heavy atom. The van der Waals surface area contributed by atoms with Crippen molar-refractivity contribution in [3.8, 4) is 52.1 Å². The number of allylic oxidation sites excluding steroid dienone is 3. The molecule has 0 saturated carbocycles. The highest BCUT2D eigenvalue weighted by Crippen LogP contribution is 2.50. The van der Waals surface area contributed by atoms with Gasteiger partial charge in [0.2, 0.25) is 17.2 Å². The molecule has 3 aromatic rings. The molecule has 0 unspecified atom stereocenters. The van der Waals surface area contributed by atoms with Crippen molar-refractivity contribution in [2.45, 2.75) is 207 Å². The van der Waals surface area contributed by atoms with Crippen molar-refractivity contribution in [3.63, 3.8) is 0 Å². The van der Waals surface area contributed by atoms with E-state index >= 15 is 0 Å². The maximum atomic E-state index is 14.6. The summed E-state index contributed by atoms with van der Waals surface area (Å²) in [6.07, 6.45) is -14.4. The van der Waals surface area contributed by atoms with Gasteiger partial charge in [-0.15, -0.1) is 0 Å². The third-order valence-electron chi connectivity index (χ3n) is 21.8. The van der Waals surface area contributed by atoms with Gasteiger partial charge in [-0.2, -0.15) is 5.48 Å². The minimum Gasteiger partial charge on any atom is -0.492 e. The topological polar surface area (TPSA) is 393 Å². The van der Waals surface area contributed by atoms with Crippen LogP contribution in [0.5, 0.6) is 17.2 Å². The molecule has 4 saturated heterocycles. The van der Waals surface area contributed by atoms with Gasteiger partial charge >= 0.3 is 12.2 Å². The number of fused-ring (bicyclic) bond motifs is 5. The Kier molecular flexibility index (Phi) is 40.5. The van der Waals surface area contributed by atoms with Crippen LogP contribution in [0.25, 0.3) is 11.1 Å². The third-order valence-corrected chi connectivity index (χ3v) is 27.7. The van der Waals surface area contributed by atoms with Crippen LogP contribution in [0.2, 0.25) is 0 Å². The Hall–Kier alpha value is -5.82. The maximum absolute atomic E-state index is 14.6. The lowest BCUT2D eigenvalue weighted by molar-refractivity contribution is -0.337. The number of alkyl carbamates (subject to hydrolysis) is 2. The van der Waals surface area contributed by atoms with Crippen molar-refractivity contribution in [1.29, 1.82) is 0 Å². The molecule has 2 amide bonds. The first-order valence-corrected chi connectivity index (χ1v) is 46.2. The number of nitrogens with one attached hydrogen (secondary N) is 3. The molecule has 3 aromatic carbocycles. The lowest BCUT2D eigenvalue weighted by atomic mass is 9.75. The lowest BCUT2D eigenvalue weighted by Gasteiger charge is -2.47. The average molecular weight is 1920 g/mol. The number of thioether (sulfide) groups is 1. The average Bonchev–Trinajstić information content (AvgIpc) is 1.60. The van der Waals surface area contributed by atoms with Crippen molar-refractivity contribution in [1.82, 2.24) is 21.0 Å². The number of hydroxylamine groups is 1. The summed E-state index contributed by atoms with van der Waals surface area (Å²) in [5.41, 5.74) is 5.86. The first-order chi connectivity index (χ1) is 60.2. The third kappa shape index (κ3) is 27.4. The number of methoxy groups -OCH3 is 5. The van der Waals surface area contributed by atoms with Crippen LogP contribution in [0.1, 0.15) is 107 Å². The standard InChI is InChI=1S/C88H121IN4O29S3/c1-14-93(32-23-33-108-35-37-110-39-41-112-43-44-113-42-40-111-38-36-109-34-31-90-85(100)115-49-59-57-26-20-18-24-55(57)56-25-19-21-27-58(56)59)61-50-114-66(47-65(61)103-9)120-79-74(97)71(52(3)117-84(79)119-64-28-17-15-16-22-30-88(102)48-63(95)72(91-86(101)107-13)69(64)60(88)29-45-123-125-87(6,7)8)92-122-67-46-62(94)81(54(5)116-67)124-82(99)68-51(2)70(89)77(80(106-12)76(68)104-10)121-83-75(98)78(105-11)73(96)53(4)118-83/h15-16,18-21,24-27,29,52-54,59,61-62,64-67,71,73-75,78-79,81,83-84,92,94,96-98,102H,14,23,31-50H2,1-13H3,(H,90,100)(H,91,101)/b16-15-,60-29+/t52-,53+,54-,61+,62+,64+,65+,66+,67+,71-,73+,74+,75-,78-,79-,81-,83+,84+,88+/m1/s1. The molecule has 10 rings (SSSR count). The van der Waals surface area contributed by atoms with E-state index in [1.807, 2.05) is 53.8 Å². The highest BCUT2D eigenvalue weighted by molar-refractivity contribution is 14.1. The largest absolute Gasteiger partial charge is 0.492 e. The van der Waals surface area contributed by atoms with Gasteiger partial charge in [-0.1, -0.05) is 139 Å². The number of aliphatic hydroxyl groups excluding tert-OH is 4. The predicted octanol–water partition coefficient (Wildman–Crippen LogP) is 7.46. The number of ketones is 1. The number of benzene rings is 3.